The lowest BCUT2D eigenvalue weighted by Crippen LogP contribution is -2.39. The molecule has 1 aliphatic heterocycles. The van der Waals surface area contributed by atoms with Gasteiger partial charge in [0.05, 0.1) is 0 Å². The summed E-state index contributed by atoms with van der Waals surface area (Å²) in [6.07, 6.45) is 7.14. The largest absolute Gasteiger partial charge is 0.315 e. The Hall–Kier alpha value is -0.0800. The summed E-state index contributed by atoms with van der Waals surface area (Å²) in [5, 5.41) is 3.44. The lowest BCUT2D eigenvalue weighted by atomic mass is 10.1. The fourth-order valence-electron chi connectivity index (χ4n) is 2.60. The van der Waals surface area contributed by atoms with Crippen molar-refractivity contribution in [1.82, 2.24) is 10.2 Å². The van der Waals surface area contributed by atoms with Gasteiger partial charge in [-0.3, -0.25) is 4.90 Å². The first-order valence-electron chi connectivity index (χ1n) is 5.30. The topological polar surface area (TPSA) is 15.3 Å². The molecule has 0 aromatic rings. The second-order valence-electron chi connectivity index (χ2n) is 4.25. The van der Waals surface area contributed by atoms with Gasteiger partial charge in [-0.2, -0.15) is 0 Å². The lowest BCUT2D eigenvalue weighted by Gasteiger charge is -2.29. The van der Waals surface area contributed by atoms with Crippen molar-refractivity contribution in [2.75, 3.05) is 20.1 Å². The van der Waals surface area contributed by atoms with Crippen LogP contribution in [0.4, 0.5) is 0 Å². The summed E-state index contributed by atoms with van der Waals surface area (Å²) >= 11 is 0. The normalized spacial score (nSPS) is 32.0. The molecule has 1 unspecified atom stereocenters. The second kappa shape index (κ2) is 3.75. The molecule has 1 saturated carbocycles. The molecule has 12 heavy (non-hydrogen) atoms. The molecule has 0 aromatic carbocycles. The molecule has 2 fully saturated rings. The molecule has 2 aliphatic rings. The van der Waals surface area contributed by atoms with Gasteiger partial charge in [0, 0.05) is 18.6 Å². The third kappa shape index (κ3) is 1.64. The maximum Gasteiger partial charge on any atom is 0.0232 e. The summed E-state index contributed by atoms with van der Waals surface area (Å²) < 4.78 is 0. The lowest BCUT2D eigenvalue weighted by molar-refractivity contribution is 0.186. The predicted octanol–water partition coefficient (Wildman–Crippen LogP) is 1.22. The van der Waals surface area contributed by atoms with Gasteiger partial charge in [-0.05, 0) is 32.9 Å². The molecule has 1 aliphatic carbocycles. The molecule has 0 amide bonds. The summed E-state index contributed by atoms with van der Waals surface area (Å²) in [4.78, 5) is 2.62. The molecule has 0 aromatic heterocycles. The van der Waals surface area contributed by atoms with E-state index in [1.807, 2.05) is 0 Å². The Morgan fingerprint density at radius 3 is 2.42 bits per heavy atom. The number of nitrogens with zero attached hydrogens (tertiary/aromatic N) is 1. The van der Waals surface area contributed by atoms with Crippen LogP contribution in [0, 0.1) is 0 Å². The highest BCUT2D eigenvalue weighted by atomic mass is 15.2. The molecule has 2 rings (SSSR count). The zero-order valence-corrected chi connectivity index (χ0v) is 8.05. The molecular weight excluding hydrogens is 148 g/mol. The Bertz CT molecular complexity index is 119. The van der Waals surface area contributed by atoms with Crippen molar-refractivity contribution in [3.8, 4) is 0 Å². The van der Waals surface area contributed by atoms with E-state index in [9.17, 15) is 0 Å². The van der Waals surface area contributed by atoms with E-state index in [0.717, 1.165) is 12.1 Å². The van der Waals surface area contributed by atoms with Crippen LogP contribution >= 0.6 is 0 Å². The Morgan fingerprint density at radius 2 is 1.83 bits per heavy atom. The highest BCUT2D eigenvalue weighted by Gasteiger charge is 2.27. The molecule has 1 atom stereocenters. The summed E-state index contributed by atoms with van der Waals surface area (Å²) in [5.74, 6) is 0. The highest BCUT2D eigenvalue weighted by molar-refractivity contribution is 4.85. The summed E-state index contributed by atoms with van der Waals surface area (Å²) in [6.45, 7) is 2.44. The molecule has 1 N–H and O–H groups in total. The minimum Gasteiger partial charge on any atom is -0.315 e. The van der Waals surface area contributed by atoms with Crippen LogP contribution in [0.3, 0.4) is 0 Å². The highest BCUT2D eigenvalue weighted by Crippen LogP contribution is 2.25. The van der Waals surface area contributed by atoms with Crippen LogP contribution in [0.1, 0.15) is 32.1 Å². The van der Waals surface area contributed by atoms with E-state index < -0.39 is 0 Å². The van der Waals surface area contributed by atoms with Crippen LogP contribution in [-0.4, -0.2) is 37.1 Å². The molecule has 1 saturated heterocycles. The monoisotopic (exact) mass is 168 g/mol. The average molecular weight is 168 g/mol. The summed E-state index contributed by atoms with van der Waals surface area (Å²) in [6, 6.07) is 1.72. The molecule has 2 heteroatoms. The van der Waals surface area contributed by atoms with Crippen LogP contribution < -0.4 is 5.32 Å². The zero-order chi connectivity index (χ0) is 8.39. The fourth-order valence-corrected chi connectivity index (χ4v) is 2.60. The van der Waals surface area contributed by atoms with E-state index in [4.69, 9.17) is 0 Å². The van der Waals surface area contributed by atoms with Gasteiger partial charge in [0.2, 0.25) is 0 Å². The Morgan fingerprint density at radius 1 is 1.08 bits per heavy atom. The van der Waals surface area contributed by atoms with Gasteiger partial charge < -0.3 is 5.32 Å². The fraction of sp³-hybridized carbons (Fsp3) is 1.00. The van der Waals surface area contributed by atoms with Crippen LogP contribution in [0.25, 0.3) is 0 Å². The Kier molecular flexibility index (Phi) is 2.66. The van der Waals surface area contributed by atoms with Crippen molar-refractivity contribution >= 4 is 0 Å². The molecule has 0 spiro atoms. The zero-order valence-electron chi connectivity index (χ0n) is 8.05. The third-order valence-corrected chi connectivity index (χ3v) is 3.51. The van der Waals surface area contributed by atoms with Crippen LogP contribution in [-0.2, 0) is 0 Å². The van der Waals surface area contributed by atoms with Gasteiger partial charge in [-0.25, -0.2) is 0 Å². The van der Waals surface area contributed by atoms with Gasteiger partial charge >= 0.3 is 0 Å². The van der Waals surface area contributed by atoms with Crippen molar-refractivity contribution in [2.24, 2.45) is 0 Å². The van der Waals surface area contributed by atoms with Gasteiger partial charge in [-0.15, -0.1) is 0 Å². The molecule has 1 heterocycles. The Labute approximate surface area is 75.3 Å². The summed E-state index contributed by atoms with van der Waals surface area (Å²) in [5.41, 5.74) is 0. The van der Waals surface area contributed by atoms with Crippen LogP contribution in [0.5, 0.6) is 0 Å². The van der Waals surface area contributed by atoms with E-state index in [0.29, 0.717) is 0 Å². The first-order valence-corrected chi connectivity index (χ1v) is 5.30. The van der Waals surface area contributed by atoms with E-state index in [2.05, 4.69) is 17.3 Å². The Balaban J connectivity index is 1.84. The standard InChI is InChI=1S/C10H20N2/c1-12(9-4-2-3-5-9)10-6-7-11-8-10/h9-11H,2-8H2,1H3. The quantitative estimate of drug-likeness (QED) is 0.667. The molecule has 0 bridgehead atoms. The van der Waals surface area contributed by atoms with Gasteiger partial charge in [0.1, 0.15) is 0 Å². The number of hydrogen-bond acceptors (Lipinski definition) is 2. The van der Waals surface area contributed by atoms with Crippen LogP contribution in [0.15, 0.2) is 0 Å². The third-order valence-electron chi connectivity index (χ3n) is 3.51. The number of rotatable bonds is 2. The van der Waals surface area contributed by atoms with Gasteiger partial charge in [-0.1, -0.05) is 12.8 Å². The number of likely N-dealkylation sites (N-methyl/N-ethyl adjacent to an activating group) is 1. The van der Waals surface area contributed by atoms with E-state index in [-0.39, 0.29) is 0 Å². The average Bonchev–Trinajstić information content (AvgIpc) is 2.77. The van der Waals surface area contributed by atoms with Crippen molar-refractivity contribution in [1.29, 1.82) is 0 Å². The van der Waals surface area contributed by atoms with E-state index >= 15 is 0 Å². The first-order chi connectivity index (χ1) is 5.88. The predicted molar refractivity (Wildman–Crippen MR) is 51.3 cm³/mol. The SMILES string of the molecule is CN(C1CCCC1)C1CCNC1. The minimum absolute atomic E-state index is 0.827. The van der Waals surface area contributed by atoms with E-state index in [1.54, 1.807) is 0 Å². The minimum atomic E-state index is 0.827. The van der Waals surface area contributed by atoms with Crippen molar-refractivity contribution < 1.29 is 0 Å². The van der Waals surface area contributed by atoms with Crippen molar-refractivity contribution in [3.63, 3.8) is 0 Å². The molecule has 2 nitrogen and oxygen atoms in total. The van der Waals surface area contributed by atoms with Gasteiger partial charge in [0.25, 0.3) is 0 Å². The van der Waals surface area contributed by atoms with Crippen LogP contribution in [0.2, 0.25) is 0 Å². The maximum absolute atomic E-state index is 3.44. The van der Waals surface area contributed by atoms with E-state index in [1.165, 1.54) is 45.2 Å². The second-order valence-corrected chi connectivity index (χ2v) is 4.25. The maximum atomic E-state index is 3.44. The van der Waals surface area contributed by atoms with Gasteiger partial charge in [0.15, 0.2) is 0 Å². The molecule has 70 valence electrons. The van der Waals surface area contributed by atoms with Crippen molar-refractivity contribution in [2.45, 2.75) is 44.2 Å². The number of nitrogens with one attached hydrogen (secondary N) is 1. The summed E-state index contributed by atoms with van der Waals surface area (Å²) in [7, 11) is 2.31. The number of hydrogen-bond donors (Lipinski definition) is 1. The smallest absolute Gasteiger partial charge is 0.0232 e. The van der Waals surface area contributed by atoms with Crippen molar-refractivity contribution in [3.05, 3.63) is 0 Å². The molecule has 0 radical (unpaired) electrons. The molecular formula is C10H20N2. The first kappa shape index (κ1) is 8.52.